The van der Waals surface area contributed by atoms with Gasteiger partial charge in [-0.05, 0) is 37.6 Å². The van der Waals surface area contributed by atoms with E-state index in [2.05, 4.69) is 36.4 Å². The summed E-state index contributed by atoms with van der Waals surface area (Å²) in [6.45, 7) is 3.70. The second-order valence-electron chi connectivity index (χ2n) is 3.66. The number of aromatic nitrogens is 3. The van der Waals surface area contributed by atoms with E-state index in [1.807, 2.05) is 13.0 Å². The van der Waals surface area contributed by atoms with E-state index >= 15 is 0 Å². The number of aryl methyl sites for hydroxylation is 2. The van der Waals surface area contributed by atoms with E-state index in [4.69, 9.17) is 0 Å². The molecule has 6 heteroatoms. The van der Waals surface area contributed by atoms with Crippen LogP contribution in [0, 0.1) is 13.8 Å². The topological polar surface area (TPSA) is 70.7 Å². The van der Waals surface area contributed by atoms with E-state index in [-0.39, 0.29) is 11.9 Å². The Morgan fingerprint density at radius 1 is 1.41 bits per heavy atom. The number of hydrogen-bond acceptors (Lipinski definition) is 3. The Labute approximate surface area is 107 Å². The lowest BCUT2D eigenvalue weighted by Gasteiger charge is -2.03. The van der Waals surface area contributed by atoms with Crippen molar-refractivity contribution in [1.29, 1.82) is 0 Å². The molecule has 0 fully saturated rings. The standard InChI is InChI=1S/C11H11BrN4O/c1-6-5-8(3-4-9(6)12)10(17)14-11-13-7(2)15-16-11/h3-5H,1-2H3,(H2,13,14,15,16,17). The SMILES string of the molecule is Cc1nc(NC(=O)c2ccc(Br)c(C)c2)n[nH]1. The first-order valence-electron chi connectivity index (χ1n) is 5.03. The molecule has 17 heavy (non-hydrogen) atoms. The number of halogens is 1. The van der Waals surface area contributed by atoms with Crippen LogP contribution in [-0.2, 0) is 0 Å². The van der Waals surface area contributed by atoms with E-state index in [9.17, 15) is 4.79 Å². The average molecular weight is 295 g/mol. The molecule has 0 aliphatic heterocycles. The van der Waals surface area contributed by atoms with E-state index in [1.54, 1.807) is 19.1 Å². The van der Waals surface area contributed by atoms with Crippen LogP contribution in [0.4, 0.5) is 5.95 Å². The molecule has 0 spiro atoms. The predicted molar refractivity (Wildman–Crippen MR) is 68.0 cm³/mol. The Morgan fingerprint density at radius 2 is 2.18 bits per heavy atom. The molecule has 0 aliphatic rings. The van der Waals surface area contributed by atoms with Gasteiger partial charge in [-0.3, -0.25) is 15.2 Å². The summed E-state index contributed by atoms with van der Waals surface area (Å²) >= 11 is 3.39. The van der Waals surface area contributed by atoms with Crippen LogP contribution in [0.15, 0.2) is 22.7 Å². The predicted octanol–water partition coefficient (Wildman–Crippen LogP) is 2.44. The van der Waals surface area contributed by atoms with Crippen molar-refractivity contribution in [2.75, 3.05) is 5.32 Å². The highest BCUT2D eigenvalue weighted by Crippen LogP contribution is 2.17. The van der Waals surface area contributed by atoms with E-state index < -0.39 is 0 Å². The van der Waals surface area contributed by atoms with Gasteiger partial charge < -0.3 is 0 Å². The van der Waals surface area contributed by atoms with Crippen LogP contribution in [0.2, 0.25) is 0 Å². The Morgan fingerprint density at radius 3 is 2.76 bits per heavy atom. The molecule has 0 saturated carbocycles. The van der Waals surface area contributed by atoms with E-state index in [0.29, 0.717) is 11.4 Å². The number of hydrogen-bond donors (Lipinski definition) is 2. The van der Waals surface area contributed by atoms with Crippen LogP contribution < -0.4 is 5.32 Å². The molecule has 0 bridgehead atoms. The maximum absolute atomic E-state index is 11.9. The maximum Gasteiger partial charge on any atom is 0.258 e. The molecule has 1 amide bonds. The molecule has 0 atom stereocenters. The van der Waals surface area contributed by atoms with Crippen LogP contribution >= 0.6 is 15.9 Å². The van der Waals surface area contributed by atoms with Crippen molar-refractivity contribution >= 4 is 27.8 Å². The molecule has 0 radical (unpaired) electrons. The van der Waals surface area contributed by atoms with Crippen molar-refractivity contribution in [3.63, 3.8) is 0 Å². The Hall–Kier alpha value is -1.69. The molecular weight excluding hydrogens is 284 g/mol. The zero-order valence-electron chi connectivity index (χ0n) is 9.41. The first-order valence-corrected chi connectivity index (χ1v) is 5.82. The lowest BCUT2D eigenvalue weighted by atomic mass is 10.1. The summed E-state index contributed by atoms with van der Waals surface area (Å²) in [7, 11) is 0. The van der Waals surface area contributed by atoms with Crippen molar-refractivity contribution in [2.24, 2.45) is 0 Å². The molecule has 0 aliphatic carbocycles. The third-order valence-electron chi connectivity index (χ3n) is 2.24. The minimum Gasteiger partial charge on any atom is -0.289 e. The molecule has 1 aromatic heterocycles. The molecule has 0 saturated heterocycles. The monoisotopic (exact) mass is 294 g/mol. The fourth-order valence-electron chi connectivity index (χ4n) is 1.36. The highest BCUT2D eigenvalue weighted by atomic mass is 79.9. The molecule has 2 aromatic rings. The number of benzene rings is 1. The average Bonchev–Trinajstić information content (AvgIpc) is 2.68. The number of nitrogens with zero attached hydrogens (tertiary/aromatic N) is 2. The van der Waals surface area contributed by atoms with Gasteiger partial charge in [-0.25, -0.2) is 0 Å². The number of carbonyl (C=O) groups is 1. The van der Waals surface area contributed by atoms with Crippen LogP contribution in [0.1, 0.15) is 21.7 Å². The van der Waals surface area contributed by atoms with Crippen molar-refractivity contribution in [3.8, 4) is 0 Å². The van der Waals surface area contributed by atoms with Gasteiger partial charge in [0.2, 0.25) is 5.95 Å². The van der Waals surface area contributed by atoms with Crippen molar-refractivity contribution in [2.45, 2.75) is 13.8 Å². The summed E-state index contributed by atoms with van der Waals surface area (Å²) < 4.78 is 0.975. The summed E-state index contributed by atoms with van der Waals surface area (Å²) in [5.41, 5.74) is 1.58. The molecule has 1 heterocycles. The van der Waals surface area contributed by atoms with Crippen molar-refractivity contribution in [3.05, 3.63) is 39.6 Å². The van der Waals surface area contributed by atoms with Crippen LogP contribution in [0.5, 0.6) is 0 Å². The smallest absolute Gasteiger partial charge is 0.258 e. The number of anilines is 1. The fourth-order valence-corrected chi connectivity index (χ4v) is 1.60. The van der Waals surface area contributed by atoms with Gasteiger partial charge in [-0.15, -0.1) is 5.10 Å². The van der Waals surface area contributed by atoms with Gasteiger partial charge in [0.1, 0.15) is 5.82 Å². The molecular formula is C11H11BrN4O. The van der Waals surface area contributed by atoms with Gasteiger partial charge in [0.15, 0.2) is 0 Å². The summed E-state index contributed by atoms with van der Waals surface area (Å²) in [6, 6.07) is 5.39. The number of rotatable bonds is 2. The summed E-state index contributed by atoms with van der Waals surface area (Å²) in [5, 5.41) is 9.12. The molecule has 2 rings (SSSR count). The Bertz CT molecular complexity index is 564. The second-order valence-corrected chi connectivity index (χ2v) is 4.52. The van der Waals surface area contributed by atoms with Gasteiger partial charge >= 0.3 is 0 Å². The highest BCUT2D eigenvalue weighted by Gasteiger charge is 2.09. The van der Waals surface area contributed by atoms with Crippen molar-refractivity contribution in [1.82, 2.24) is 15.2 Å². The largest absolute Gasteiger partial charge is 0.289 e. The molecule has 2 N–H and O–H groups in total. The fraction of sp³-hybridized carbons (Fsp3) is 0.182. The van der Waals surface area contributed by atoms with Gasteiger partial charge in [0.05, 0.1) is 0 Å². The number of amides is 1. The normalized spacial score (nSPS) is 10.3. The van der Waals surface area contributed by atoms with Crippen LogP contribution in [-0.4, -0.2) is 21.1 Å². The number of carbonyl (C=O) groups excluding carboxylic acids is 1. The summed E-state index contributed by atoms with van der Waals surface area (Å²) in [5.74, 6) is 0.722. The quantitative estimate of drug-likeness (QED) is 0.894. The first kappa shape index (κ1) is 11.8. The van der Waals surface area contributed by atoms with E-state index in [0.717, 1.165) is 10.0 Å². The number of aromatic amines is 1. The maximum atomic E-state index is 11.9. The van der Waals surface area contributed by atoms with Crippen LogP contribution in [0.25, 0.3) is 0 Å². The molecule has 0 unspecified atom stereocenters. The number of H-pyrrole nitrogens is 1. The summed E-state index contributed by atoms with van der Waals surface area (Å²) in [4.78, 5) is 15.9. The minimum absolute atomic E-state index is 0.223. The van der Waals surface area contributed by atoms with E-state index in [1.165, 1.54) is 0 Å². The van der Waals surface area contributed by atoms with Gasteiger partial charge in [0.25, 0.3) is 5.91 Å². The van der Waals surface area contributed by atoms with Gasteiger partial charge in [-0.2, -0.15) is 4.98 Å². The Kier molecular flexibility index (Phi) is 3.23. The van der Waals surface area contributed by atoms with Crippen LogP contribution in [0.3, 0.4) is 0 Å². The molecule has 1 aromatic carbocycles. The number of nitrogens with one attached hydrogen (secondary N) is 2. The minimum atomic E-state index is -0.223. The van der Waals surface area contributed by atoms with Gasteiger partial charge in [-0.1, -0.05) is 15.9 Å². The lowest BCUT2D eigenvalue weighted by molar-refractivity contribution is 0.102. The second kappa shape index (κ2) is 4.67. The first-order chi connectivity index (χ1) is 8.06. The summed E-state index contributed by atoms with van der Waals surface area (Å²) in [6.07, 6.45) is 0. The third-order valence-corrected chi connectivity index (χ3v) is 3.13. The molecule has 5 nitrogen and oxygen atoms in total. The lowest BCUT2D eigenvalue weighted by Crippen LogP contribution is -2.13. The third kappa shape index (κ3) is 2.71. The van der Waals surface area contributed by atoms with Crippen molar-refractivity contribution < 1.29 is 4.79 Å². The Balaban J connectivity index is 2.17. The zero-order chi connectivity index (χ0) is 12.4. The van der Waals surface area contributed by atoms with Gasteiger partial charge in [0, 0.05) is 10.0 Å². The highest BCUT2D eigenvalue weighted by molar-refractivity contribution is 9.10. The zero-order valence-corrected chi connectivity index (χ0v) is 11.0. The molecule has 88 valence electrons.